The van der Waals surface area contributed by atoms with Crippen molar-refractivity contribution in [2.45, 2.75) is 32.1 Å². The van der Waals surface area contributed by atoms with E-state index >= 15 is 0 Å². The van der Waals surface area contributed by atoms with E-state index in [9.17, 15) is 4.79 Å². The molecule has 1 aliphatic carbocycles. The van der Waals surface area contributed by atoms with E-state index < -0.39 is 0 Å². The molecule has 0 atom stereocenters. The number of pyridine rings is 1. The molecule has 1 aliphatic rings. The van der Waals surface area contributed by atoms with Crippen LogP contribution in [0.1, 0.15) is 32.1 Å². The number of ether oxygens (including phenoxy) is 1. The molecule has 0 aliphatic heterocycles. The molecule has 0 bridgehead atoms. The standard InChI is InChI=1S/C21H23N3O2/c1-26-19-11-10-16(18-14-24-12-6-5-9-20(24)22-18)13-17(19)23-21(25)15-7-3-2-4-8-15/h5-6,9-15H,2-4,7-8H2,1H3,(H,23,25). The van der Waals surface area contributed by atoms with Crippen LogP contribution in [0, 0.1) is 5.92 Å². The first kappa shape index (κ1) is 16.6. The molecule has 0 unspecified atom stereocenters. The molecule has 1 N–H and O–H groups in total. The Labute approximate surface area is 153 Å². The van der Waals surface area contributed by atoms with Gasteiger partial charge in [-0.1, -0.05) is 25.3 Å². The average Bonchev–Trinajstić information content (AvgIpc) is 3.13. The van der Waals surface area contributed by atoms with Gasteiger partial charge >= 0.3 is 0 Å². The quantitative estimate of drug-likeness (QED) is 0.753. The van der Waals surface area contributed by atoms with Gasteiger partial charge in [-0.15, -0.1) is 0 Å². The molecular formula is C21H23N3O2. The van der Waals surface area contributed by atoms with Gasteiger partial charge in [0.05, 0.1) is 18.5 Å². The molecule has 5 heteroatoms. The fourth-order valence-electron chi connectivity index (χ4n) is 3.64. The zero-order valence-electron chi connectivity index (χ0n) is 14.9. The predicted octanol–water partition coefficient (Wildman–Crippen LogP) is 4.53. The van der Waals surface area contributed by atoms with Crippen molar-refractivity contribution in [3.8, 4) is 17.0 Å². The van der Waals surface area contributed by atoms with Gasteiger partial charge in [-0.05, 0) is 43.2 Å². The molecule has 2 aromatic heterocycles. The van der Waals surface area contributed by atoms with Crippen LogP contribution in [-0.4, -0.2) is 22.4 Å². The first-order chi connectivity index (χ1) is 12.7. The van der Waals surface area contributed by atoms with Gasteiger partial charge in [-0.2, -0.15) is 0 Å². The third-order valence-electron chi connectivity index (χ3n) is 5.09. The highest BCUT2D eigenvalue weighted by Gasteiger charge is 2.22. The van der Waals surface area contributed by atoms with E-state index in [4.69, 9.17) is 4.74 Å². The maximum atomic E-state index is 12.6. The van der Waals surface area contributed by atoms with Crippen LogP contribution in [0.25, 0.3) is 16.9 Å². The zero-order chi connectivity index (χ0) is 17.9. The van der Waals surface area contributed by atoms with Crippen molar-refractivity contribution < 1.29 is 9.53 Å². The number of anilines is 1. The largest absolute Gasteiger partial charge is 0.495 e. The Hall–Kier alpha value is -2.82. The minimum absolute atomic E-state index is 0.0927. The number of benzene rings is 1. The van der Waals surface area contributed by atoms with E-state index in [1.165, 1.54) is 6.42 Å². The van der Waals surface area contributed by atoms with Crippen molar-refractivity contribution in [3.05, 3.63) is 48.8 Å². The molecule has 1 aromatic carbocycles. The molecule has 26 heavy (non-hydrogen) atoms. The molecule has 3 aromatic rings. The van der Waals surface area contributed by atoms with Crippen LogP contribution in [0.5, 0.6) is 5.75 Å². The minimum Gasteiger partial charge on any atom is -0.495 e. The Morgan fingerprint density at radius 2 is 2.04 bits per heavy atom. The Balaban J connectivity index is 1.63. The first-order valence-corrected chi connectivity index (χ1v) is 9.17. The third-order valence-corrected chi connectivity index (χ3v) is 5.09. The van der Waals surface area contributed by atoms with Crippen molar-refractivity contribution in [1.29, 1.82) is 0 Å². The second-order valence-corrected chi connectivity index (χ2v) is 6.83. The summed E-state index contributed by atoms with van der Waals surface area (Å²) in [5, 5.41) is 3.08. The summed E-state index contributed by atoms with van der Waals surface area (Å²) < 4.78 is 7.43. The third kappa shape index (κ3) is 3.29. The van der Waals surface area contributed by atoms with Crippen molar-refractivity contribution in [2.24, 2.45) is 5.92 Å². The van der Waals surface area contributed by atoms with E-state index in [0.717, 1.165) is 42.6 Å². The van der Waals surface area contributed by atoms with Gasteiger partial charge in [0.25, 0.3) is 0 Å². The lowest BCUT2D eigenvalue weighted by Crippen LogP contribution is -2.24. The van der Waals surface area contributed by atoms with Gasteiger partial charge in [0.15, 0.2) is 0 Å². The van der Waals surface area contributed by atoms with E-state index in [1.807, 2.05) is 53.2 Å². The lowest BCUT2D eigenvalue weighted by atomic mass is 9.88. The van der Waals surface area contributed by atoms with Crippen LogP contribution >= 0.6 is 0 Å². The molecule has 1 fully saturated rings. The van der Waals surface area contributed by atoms with Crippen molar-refractivity contribution in [1.82, 2.24) is 9.38 Å². The van der Waals surface area contributed by atoms with Crippen LogP contribution < -0.4 is 10.1 Å². The number of carbonyl (C=O) groups is 1. The number of methoxy groups -OCH3 is 1. The molecule has 4 rings (SSSR count). The van der Waals surface area contributed by atoms with Gasteiger partial charge in [0, 0.05) is 23.9 Å². The summed E-state index contributed by atoms with van der Waals surface area (Å²) in [7, 11) is 1.62. The topological polar surface area (TPSA) is 55.6 Å². The Kier molecular flexibility index (Phi) is 4.61. The fourth-order valence-corrected chi connectivity index (χ4v) is 3.64. The van der Waals surface area contributed by atoms with Gasteiger partial charge in [0.1, 0.15) is 11.4 Å². The molecule has 0 radical (unpaired) electrons. The maximum absolute atomic E-state index is 12.6. The smallest absolute Gasteiger partial charge is 0.227 e. The number of rotatable bonds is 4. The van der Waals surface area contributed by atoms with E-state index in [-0.39, 0.29) is 11.8 Å². The fraction of sp³-hybridized carbons (Fsp3) is 0.333. The number of aromatic nitrogens is 2. The van der Waals surface area contributed by atoms with Crippen LogP contribution in [-0.2, 0) is 4.79 Å². The summed E-state index contributed by atoms with van der Waals surface area (Å²) in [6.07, 6.45) is 9.41. The van der Waals surface area contributed by atoms with Crippen molar-refractivity contribution >= 4 is 17.2 Å². The summed E-state index contributed by atoms with van der Waals surface area (Å²) in [6, 6.07) is 11.7. The van der Waals surface area contributed by atoms with Gasteiger partial charge < -0.3 is 14.5 Å². The number of amides is 1. The normalized spacial score (nSPS) is 15.1. The van der Waals surface area contributed by atoms with Crippen LogP contribution in [0.2, 0.25) is 0 Å². The lowest BCUT2D eigenvalue weighted by Gasteiger charge is -2.21. The van der Waals surface area contributed by atoms with Gasteiger partial charge in [-0.3, -0.25) is 4.79 Å². The van der Waals surface area contributed by atoms with E-state index in [1.54, 1.807) is 7.11 Å². The highest BCUT2D eigenvalue weighted by Crippen LogP contribution is 2.32. The molecule has 134 valence electrons. The number of hydrogen-bond acceptors (Lipinski definition) is 3. The van der Waals surface area contributed by atoms with Crippen LogP contribution in [0.15, 0.2) is 48.8 Å². The monoisotopic (exact) mass is 349 g/mol. The lowest BCUT2D eigenvalue weighted by molar-refractivity contribution is -0.120. The molecule has 1 amide bonds. The molecule has 1 saturated carbocycles. The van der Waals surface area contributed by atoms with Crippen molar-refractivity contribution in [2.75, 3.05) is 12.4 Å². The summed E-state index contributed by atoms with van der Waals surface area (Å²) >= 11 is 0. The van der Waals surface area contributed by atoms with Gasteiger partial charge in [-0.25, -0.2) is 4.98 Å². The molecule has 2 heterocycles. The highest BCUT2D eigenvalue weighted by molar-refractivity contribution is 5.94. The first-order valence-electron chi connectivity index (χ1n) is 9.17. The van der Waals surface area contributed by atoms with E-state index in [0.29, 0.717) is 11.4 Å². The number of nitrogens with one attached hydrogen (secondary N) is 1. The Morgan fingerprint density at radius 1 is 1.19 bits per heavy atom. The predicted molar refractivity (Wildman–Crippen MR) is 102 cm³/mol. The van der Waals surface area contributed by atoms with Gasteiger partial charge in [0.2, 0.25) is 5.91 Å². The molecule has 0 spiro atoms. The highest BCUT2D eigenvalue weighted by atomic mass is 16.5. The second kappa shape index (κ2) is 7.20. The molecule has 5 nitrogen and oxygen atoms in total. The maximum Gasteiger partial charge on any atom is 0.227 e. The Morgan fingerprint density at radius 3 is 2.81 bits per heavy atom. The number of imidazole rings is 1. The molecule has 0 saturated heterocycles. The van der Waals surface area contributed by atoms with E-state index in [2.05, 4.69) is 10.3 Å². The second-order valence-electron chi connectivity index (χ2n) is 6.83. The average molecular weight is 349 g/mol. The minimum atomic E-state index is 0.0927. The summed E-state index contributed by atoms with van der Waals surface area (Å²) in [5.41, 5.74) is 3.42. The van der Waals surface area contributed by atoms with Crippen LogP contribution in [0.3, 0.4) is 0 Å². The SMILES string of the molecule is COc1ccc(-c2cn3ccccc3n2)cc1NC(=O)C1CCCCC1. The number of carbonyl (C=O) groups excluding carboxylic acids is 1. The number of nitrogens with zero attached hydrogens (tertiary/aromatic N) is 2. The summed E-state index contributed by atoms with van der Waals surface area (Å²) in [6.45, 7) is 0. The molecular weight excluding hydrogens is 326 g/mol. The van der Waals surface area contributed by atoms with Crippen molar-refractivity contribution in [3.63, 3.8) is 0 Å². The Bertz CT molecular complexity index is 893. The summed E-state index contributed by atoms with van der Waals surface area (Å²) in [5.74, 6) is 0.865. The number of hydrogen-bond donors (Lipinski definition) is 1. The van der Waals surface area contributed by atoms with Crippen LogP contribution in [0.4, 0.5) is 5.69 Å². The number of fused-ring (bicyclic) bond motifs is 1. The zero-order valence-corrected chi connectivity index (χ0v) is 14.9. The summed E-state index contributed by atoms with van der Waals surface area (Å²) in [4.78, 5) is 17.3.